The van der Waals surface area contributed by atoms with E-state index >= 15 is 0 Å². The summed E-state index contributed by atoms with van der Waals surface area (Å²) in [6, 6.07) is 7.12. The molecule has 1 aromatic carbocycles. The summed E-state index contributed by atoms with van der Waals surface area (Å²) in [4.78, 5) is 0.441. The molecule has 18 heavy (non-hydrogen) atoms. The van der Waals surface area contributed by atoms with Gasteiger partial charge in [-0.15, -0.1) is 0 Å². The maximum absolute atomic E-state index is 12.4. The molecular formula is C15H24O2S. The molecule has 0 saturated carbocycles. The van der Waals surface area contributed by atoms with E-state index in [0.29, 0.717) is 4.90 Å². The van der Waals surface area contributed by atoms with Crippen LogP contribution in [0.5, 0.6) is 0 Å². The van der Waals surface area contributed by atoms with Crippen LogP contribution in [0.4, 0.5) is 0 Å². The van der Waals surface area contributed by atoms with Crippen LogP contribution in [0.1, 0.15) is 39.7 Å². The Balaban J connectivity index is 2.98. The summed E-state index contributed by atoms with van der Waals surface area (Å²) in [6.45, 7) is 10.3. The fourth-order valence-corrected chi connectivity index (χ4v) is 4.10. The molecule has 1 atom stereocenters. The van der Waals surface area contributed by atoms with Gasteiger partial charge in [0.1, 0.15) is 0 Å². The van der Waals surface area contributed by atoms with Crippen LogP contribution in [0, 0.1) is 18.3 Å². The largest absolute Gasteiger partial charge is 0.224 e. The Labute approximate surface area is 111 Å². The second-order valence-electron chi connectivity index (χ2n) is 6.07. The lowest BCUT2D eigenvalue weighted by Gasteiger charge is -2.29. The predicted molar refractivity (Wildman–Crippen MR) is 76.5 cm³/mol. The topological polar surface area (TPSA) is 34.1 Å². The molecule has 0 aliphatic carbocycles. The molecule has 1 rings (SSSR count). The Hall–Kier alpha value is -0.830. The molecule has 102 valence electrons. The van der Waals surface area contributed by atoms with Crippen molar-refractivity contribution in [2.45, 2.75) is 45.9 Å². The number of rotatable bonds is 4. The van der Waals surface area contributed by atoms with Crippen molar-refractivity contribution in [3.63, 3.8) is 0 Å². The fourth-order valence-electron chi connectivity index (χ4n) is 2.09. The Morgan fingerprint density at radius 3 is 2.00 bits per heavy atom. The zero-order valence-corrected chi connectivity index (χ0v) is 12.8. The number of aryl methyl sites for hydroxylation is 1. The molecule has 0 spiro atoms. The third kappa shape index (κ3) is 3.84. The van der Waals surface area contributed by atoms with Crippen molar-refractivity contribution < 1.29 is 8.42 Å². The maximum Gasteiger partial charge on any atom is 0.178 e. The molecule has 0 saturated heterocycles. The molecule has 0 aliphatic heterocycles. The van der Waals surface area contributed by atoms with Crippen molar-refractivity contribution in [2.24, 2.45) is 11.3 Å². The number of hydrogen-bond donors (Lipinski definition) is 0. The van der Waals surface area contributed by atoms with Crippen molar-refractivity contribution in [2.75, 3.05) is 5.75 Å². The Morgan fingerprint density at radius 2 is 1.61 bits per heavy atom. The van der Waals surface area contributed by atoms with E-state index in [2.05, 4.69) is 27.7 Å². The lowest BCUT2D eigenvalue weighted by Crippen LogP contribution is -2.27. The minimum absolute atomic E-state index is 0.0204. The van der Waals surface area contributed by atoms with Gasteiger partial charge in [0, 0.05) is 0 Å². The Morgan fingerprint density at radius 1 is 1.11 bits per heavy atom. The van der Waals surface area contributed by atoms with E-state index in [1.165, 1.54) is 0 Å². The summed E-state index contributed by atoms with van der Waals surface area (Å²) in [7, 11) is -3.17. The highest BCUT2D eigenvalue weighted by atomic mass is 32.2. The first-order valence-corrected chi connectivity index (χ1v) is 8.11. The average molecular weight is 268 g/mol. The Bertz CT molecular complexity index is 478. The number of hydrogen-bond acceptors (Lipinski definition) is 2. The van der Waals surface area contributed by atoms with Crippen LogP contribution in [-0.4, -0.2) is 14.2 Å². The van der Waals surface area contributed by atoms with E-state index in [4.69, 9.17) is 0 Å². The summed E-state index contributed by atoms with van der Waals surface area (Å²) in [5.41, 5.74) is 1.10. The van der Waals surface area contributed by atoms with Gasteiger partial charge < -0.3 is 0 Å². The molecule has 0 radical (unpaired) electrons. The lowest BCUT2D eigenvalue weighted by atomic mass is 9.80. The molecule has 0 heterocycles. The quantitative estimate of drug-likeness (QED) is 0.831. The van der Waals surface area contributed by atoms with Crippen LogP contribution in [0.25, 0.3) is 0 Å². The minimum Gasteiger partial charge on any atom is -0.224 e. The minimum atomic E-state index is -3.17. The maximum atomic E-state index is 12.4. The van der Waals surface area contributed by atoms with Crippen LogP contribution < -0.4 is 0 Å². The van der Waals surface area contributed by atoms with Crippen molar-refractivity contribution in [3.05, 3.63) is 29.8 Å². The zero-order valence-electron chi connectivity index (χ0n) is 12.0. The summed E-state index contributed by atoms with van der Waals surface area (Å²) in [6.07, 6.45) is 0.884. The second-order valence-corrected chi connectivity index (χ2v) is 8.10. The zero-order chi connectivity index (χ0) is 14.0. The molecule has 3 heteroatoms. The summed E-state index contributed by atoms with van der Waals surface area (Å²) in [5, 5.41) is 0. The van der Waals surface area contributed by atoms with Gasteiger partial charge >= 0.3 is 0 Å². The molecule has 0 amide bonds. The van der Waals surface area contributed by atoms with Crippen LogP contribution >= 0.6 is 0 Å². The number of sulfone groups is 1. The van der Waals surface area contributed by atoms with Gasteiger partial charge in [-0.3, -0.25) is 0 Å². The van der Waals surface area contributed by atoms with Gasteiger partial charge in [-0.2, -0.15) is 0 Å². The molecule has 1 aromatic rings. The standard InChI is InChI=1S/C15H24O2S/c1-6-13(15(3,4)5)11-18(16,17)14-9-7-12(2)8-10-14/h7-10,13H,6,11H2,1-5H3/t13-/m0/s1. The lowest BCUT2D eigenvalue weighted by molar-refractivity contribution is 0.256. The van der Waals surface area contributed by atoms with E-state index in [1.54, 1.807) is 12.1 Å². The molecule has 0 aliphatic rings. The van der Waals surface area contributed by atoms with Crippen LogP contribution in [0.15, 0.2) is 29.2 Å². The van der Waals surface area contributed by atoms with Gasteiger partial charge in [0.15, 0.2) is 9.84 Å². The van der Waals surface area contributed by atoms with Crippen LogP contribution in [0.2, 0.25) is 0 Å². The third-order valence-electron chi connectivity index (χ3n) is 3.52. The van der Waals surface area contributed by atoms with Gasteiger partial charge in [-0.05, 0) is 30.4 Å². The van der Waals surface area contributed by atoms with E-state index in [1.807, 2.05) is 19.1 Å². The summed E-state index contributed by atoms with van der Waals surface area (Å²) in [5.74, 6) is 0.416. The predicted octanol–water partition coefficient (Wildman–Crippen LogP) is 3.84. The van der Waals surface area contributed by atoms with Gasteiger partial charge in [-0.25, -0.2) is 8.42 Å². The molecule has 0 unspecified atom stereocenters. The normalized spacial score (nSPS) is 14.5. The summed E-state index contributed by atoms with van der Waals surface area (Å²) < 4.78 is 24.7. The first-order valence-electron chi connectivity index (χ1n) is 6.46. The van der Waals surface area contributed by atoms with Crippen molar-refractivity contribution in [3.8, 4) is 0 Å². The first-order chi connectivity index (χ1) is 8.16. The smallest absolute Gasteiger partial charge is 0.178 e. The molecule has 0 aromatic heterocycles. The van der Waals surface area contributed by atoms with Gasteiger partial charge in [-0.1, -0.05) is 51.8 Å². The molecule has 2 nitrogen and oxygen atoms in total. The Kier molecular flexibility index (Phi) is 4.60. The van der Waals surface area contributed by atoms with E-state index in [-0.39, 0.29) is 17.1 Å². The number of benzene rings is 1. The van der Waals surface area contributed by atoms with Crippen molar-refractivity contribution in [1.29, 1.82) is 0 Å². The molecular weight excluding hydrogens is 244 g/mol. The van der Waals surface area contributed by atoms with Gasteiger partial charge in [0.2, 0.25) is 0 Å². The highest BCUT2D eigenvalue weighted by molar-refractivity contribution is 7.91. The third-order valence-corrected chi connectivity index (χ3v) is 5.35. The van der Waals surface area contributed by atoms with E-state index in [0.717, 1.165) is 12.0 Å². The monoisotopic (exact) mass is 268 g/mol. The van der Waals surface area contributed by atoms with Crippen molar-refractivity contribution in [1.82, 2.24) is 0 Å². The fraction of sp³-hybridized carbons (Fsp3) is 0.600. The van der Waals surface area contributed by atoms with Crippen molar-refractivity contribution >= 4 is 9.84 Å². The van der Waals surface area contributed by atoms with E-state index < -0.39 is 9.84 Å². The molecule has 0 bridgehead atoms. The highest BCUT2D eigenvalue weighted by Gasteiger charge is 2.28. The first kappa shape index (κ1) is 15.2. The SMILES string of the molecule is CC[C@@H](CS(=O)(=O)c1ccc(C)cc1)C(C)(C)C. The summed E-state index contributed by atoms with van der Waals surface area (Å²) >= 11 is 0. The molecule has 0 fully saturated rings. The van der Waals surface area contributed by atoms with E-state index in [9.17, 15) is 8.42 Å². The highest BCUT2D eigenvalue weighted by Crippen LogP contribution is 2.31. The molecule has 0 N–H and O–H groups in total. The van der Waals surface area contributed by atoms with Crippen LogP contribution in [0.3, 0.4) is 0 Å². The van der Waals surface area contributed by atoms with Gasteiger partial charge in [0.05, 0.1) is 10.6 Å². The van der Waals surface area contributed by atoms with Gasteiger partial charge in [0.25, 0.3) is 0 Å². The van der Waals surface area contributed by atoms with Crippen LogP contribution in [-0.2, 0) is 9.84 Å². The average Bonchev–Trinajstić information content (AvgIpc) is 2.25. The second kappa shape index (κ2) is 5.43.